The van der Waals surface area contributed by atoms with E-state index in [1.165, 1.54) is 24.3 Å². The number of hydrogen-bond acceptors (Lipinski definition) is 14. The molecule has 26 heteroatoms. The highest BCUT2D eigenvalue weighted by molar-refractivity contribution is 7.89. The number of nitrogens with zero attached hydrogens (tertiary/aromatic N) is 4. The summed E-state index contributed by atoms with van der Waals surface area (Å²) in [6, 6.07) is 23.1. The predicted octanol–water partition coefficient (Wildman–Crippen LogP) is 9.48. The zero-order valence-electron chi connectivity index (χ0n) is 48.0. The van der Waals surface area contributed by atoms with Crippen LogP contribution in [0.1, 0.15) is 123 Å². The molecule has 0 unspecified atom stereocenters. The maximum Gasteiger partial charge on any atom is 0.336 e. The summed E-state index contributed by atoms with van der Waals surface area (Å²) < 4.78 is 101. The van der Waals surface area contributed by atoms with Gasteiger partial charge in [0.25, 0.3) is 32.3 Å². The van der Waals surface area contributed by atoms with Crippen molar-refractivity contribution in [3.8, 4) is 34.3 Å². The van der Waals surface area contributed by atoms with E-state index in [-0.39, 0.29) is 49.1 Å². The second kappa shape index (κ2) is 32.4. The zero-order chi connectivity index (χ0) is 62.6. The highest BCUT2D eigenvalue weighted by Crippen LogP contribution is 2.30. The molecule has 2 heterocycles. The number of benzene rings is 4. The highest BCUT2D eigenvalue weighted by atomic mass is 32.2. The van der Waals surface area contributed by atoms with E-state index in [0.29, 0.717) is 96.1 Å². The first kappa shape index (κ1) is 69.7. The van der Waals surface area contributed by atoms with Crippen molar-refractivity contribution in [1.82, 2.24) is 29.7 Å². The molecule has 6 N–H and O–H groups in total. The Hall–Kier alpha value is -6.84. The molecular formula is C58H74F2N6O14S4. The zero-order valence-corrected chi connectivity index (χ0v) is 51.4. The molecule has 0 aliphatic heterocycles. The lowest BCUT2D eigenvalue weighted by Crippen LogP contribution is -2.32. The number of carboxylic acids is 2. The average molecular weight is 1250 g/mol. The second-order valence-electron chi connectivity index (χ2n) is 19.9. The van der Waals surface area contributed by atoms with E-state index < -0.39 is 65.8 Å². The van der Waals surface area contributed by atoms with Crippen LogP contribution in [0.5, 0.6) is 12.0 Å². The van der Waals surface area contributed by atoms with Gasteiger partial charge in [-0.15, -0.1) is 0 Å². The van der Waals surface area contributed by atoms with Gasteiger partial charge in [0.15, 0.2) is 0 Å². The summed E-state index contributed by atoms with van der Waals surface area (Å²) in [5.41, 5.74) is 5.81. The Balaban J connectivity index is 0.000000310. The second-order valence-corrected chi connectivity index (χ2v) is 24.3. The molecule has 458 valence electrons. The standard InChI is InChI=1S/2C28H34FN3O4S.C2H6O6S2/c2*1-5-23-24(15-30-26(33)25(37)13-17(3)4)32(28(31-23)36-6-2)16-19-12-11-18(14-22(19)29)20-9-7-8-10-21(20)27(34)35;3-9(4,5)1-2-10(6,7)8/h2*7-12,14,17,25,37H,5-6,13,15-16H2,1-4H3,(H,30,33)(H,34,35);1-2H2,(H,3,4,5)(H,6,7,8)/t2*25-;/m00./s1. The molecule has 0 aliphatic rings. The Labute approximate surface area is 500 Å². The number of thiol groups is 2. The van der Waals surface area contributed by atoms with Gasteiger partial charge in [-0.3, -0.25) is 27.8 Å². The number of imidazole rings is 2. The minimum absolute atomic E-state index is 0.105. The van der Waals surface area contributed by atoms with E-state index in [2.05, 4.69) is 45.9 Å². The SMILES string of the molecule is CCOc1nc(CC)c(CNC(=O)[C@@H](S)CC(C)C)n1Cc1ccc(-c2ccccc2C(=O)O)cc1F.CCOc1nc(CC)c(CNC(=O)[C@@H](S)CC(C)C)n1Cc1ccc(-c2ccccc2C(=O)O)cc1F.O=S(=O)(O)CCS(=O)(=O)O. The van der Waals surface area contributed by atoms with Gasteiger partial charge in [-0.1, -0.05) is 102 Å². The molecule has 4 aromatic carbocycles. The van der Waals surface area contributed by atoms with Crippen molar-refractivity contribution in [2.45, 2.75) is 118 Å². The van der Waals surface area contributed by atoms with Crippen LogP contribution in [0.15, 0.2) is 84.9 Å². The third-order valence-corrected chi connectivity index (χ3v) is 15.2. The summed E-state index contributed by atoms with van der Waals surface area (Å²) in [4.78, 5) is 57.6. The summed E-state index contributed by atoms with van der Waals surface area (Å²) in [6.07, 6.45) is 2.53. The number of carbonyl (C=O) groups excluding carboxylic acids is 2. The molecule has 2 aromatic heterocycles. The fourth-order valence-electron chi connectivity index (χ4n) is 8.55. The molecule has 6 rings (SSSR count). The summed E-state index contributed by atoms with van der Waals surface area (Å²) >= 11 is 8.86. The van der Waals surface area contributed by atoms with E-state index in [4.69, 9.17) is 18.6 Å². The Morgan fingerprint density at radius 2 is 0.929 bits per heavy atom. The highest BCUT2D eigenvalue weighted by Gasteiger charge is 2.25. The van der Waals surface area contributed by atoms with Gasteiger partial charge in [0.05, 0.1) is 95.3 Å². The summed E-state index contributed by atoms with van der Waals surface area (Å²) in [7, 11) is -8.59. The summed E-state index contributed by atoms with van der Waals surface area (Å²) in [5, 5.41) is 24.0. The molecule has 0 radical (unpaired) electrons. The van der Waals surface area contributed by atoms with Crippen molar-refractivity contribution < 1.29 is 73.6 Å². The lowest BCUT2D eigenvalue weighted by molar-refractivity contribution is -0.121. The number of nitrogens with one attached hydrogen (secondary N) is 2. The van der Waals surface area contributed by atoms with Crippen LogP contribution in [0.3, 0.4) is 0 Å². The number of aromatic nitrogens is 4. The van der Waals surface area contributed by atoms with E-state index in [1.54, 1.807) is 69.8 Å². The Kier molecular flexibility index (Phi) is 26.9. The first-order chi connectivity index (χ1) is 39.5. The first-order valence-electron chi connectivity index (χ1n) is 27.0. The van der Waals surface area contributed by atoms with Gasteiger partial charge in [-0.2, -0.15) is 52.1 Å². The normalized spacial score (nSPS) is 12.1. The van der Waals surface area contributed by atoms with Crippen molar-refractivity contribution in [2.75, 3.05) is 24.7 Å². The van der Waals surface area contributed by atoms with Gasteiger partial charge in [-0.05, 0) is 97.9 Å². The maximum atomic E-state index is 15.3. The van der Waals surface area contributed by atoms with Crippen LogP contribution in [-0.2, 0) is 68.8 Å². The van der Waals surface area contributed by atoms with Crippen LogP contribution in [0.25, 0.3) is 22.3 Å². The van der Waals surface area contributed by atoms with Crippen molar-refractivity contribution in [3.05, 3.63) is 142 Å². The quantitative estimate of drug-likeness (QED) is 0.0176. The molecule has 0 bridgehead atoms. The number of aromatic carboxylic acids is 2. The molecule has 0 saturated carbocycles. The van der Waals surface area contributed by atoms with Crippen LogP contribution in [-0.4, -0.2) is 114 Å². The number of aryl methyl sites for hydroxylation is 2. The average Bonchev–Trinajstić information content (AvgIpc) is 2.77. The Morgan fingerprint density at radius 1 is 0.583 bits per heavy atom. The van der Waals surface area contributed by atoms with E-state index in [0.717, 1.165) is 22.8 Å². The minimum Gasteiger partial charge on any atom is -0.478 e. The van der Waals surface area contributed by atoms with Gasteiger partial charge in [-0.25, -0.2) is 18.4 Å². The summed E-state index contributed by atoms with van der Waals surface area (Å²) in [5.74, 6) is -4.73. The Bertz CT molecular complexity index is 3240. The van der Waals surface area contributed by atoms with Crippen molar-refractivity contribution in [1.29, 1.82) is 0 Å². The van der Waals surface area contributed by atoms with Gasteiger partial charge in [0.2, 0.25) is 11.8 Å². The predicted molar refractivity (Wildman–Crippen MR) is 322 cm³/mol. The van der Waals surface area contributed by atoms with E-state index in [9.17, 15) is 46.2 Å². The van der Waals surface area contributed by atoms with Crippen LogP contribution in [0.2, 0.25) is 0 Å². The van der Waals surface area contributed by atoms with Gasteiger partial charge in [0.1, 0.15) is 11.6 Å². The lowest BCUT2D eigenvalue weighted by Gasteiger charge is -2.16. The maximum absolute atomic E-state index is 15.3. The lowest BCUT2D eigenvalue weighted by atomic mass is 9.98. The summed E-state index contributed by atoms with van der Waals surface area (Å²) in [6.45, 7) is 17.2. The Morgan fingerprint density at radius 3 is 1.21 bits per heavy atom. The number of ether oxygens (including phenoxy) is 2. The molecule has 0 spiro atoms. The van der Waals surface area contributed by atoms with Crippen LogP contribution in [0, 0.1) is 23.5 Å². The first-order valence-corrected chi connectivity index (χ1v) is 31.2. The minimum atomic E-state index is -4.30. The third kappa shape index (κ3) is 21.0. The smallest absolute Gasteiger partial charge is 0.336 e. The van der Waals surface area contributed by atoms with E-state index in [1.807, 2.05) is 55.4 Å². The fourth-order valence-corrected chi connectivity index (χ4v) is 11.3. The number of carboxylic acid groups (broad SMARTS) is 2. The van der Waals surface area contributed by atoms with Crippen LogP contribution in [0.4, 0.5) is 8.78 Å². The largest absolute Gasteiger partial charge is 0.478 e. The number of hydrogen-bond donors (Lipinski definition) is 8. The third-order valence-electron chi connectivity index (χ3n) is 12.6. The van der Waals surface area contributed by atoms with Gasteiger partial charge in [0, 0.05) is 11.1 Å². The molecule has 20 nitrogen and oxygen atoms in total. The topological polar surface area (TPSA) is 296 Å². The van der Waals surface area contributed by atoms with E-state index >= 15 is 8.78 Å². The molecular weight excluding hydrogens is 1170 g/mol. The number of rotatable bonds is 27. The number of halogens is 2. The molecule has 0 saturated heterocycles. The van der Waals surface area contributed by atoms with Gasteiger partial charge < -0.3 is 30.3 Å². The monoisotopic (exact) mass is 1240 g/mol. The molecule has 2 amide bonds. The molecule has 0 fully saturated rings. The molecule has 0 aliphatic carbocycles. The molecule has 6 aromatic rings. The number of amides is 2. The fraction of sp³-hybridized carbons (Fsp3) is 0.414. The van der Waals surface area contributed by atoms with Crippen molar-refractivity contribution >= 4 is 69.2 Å². The van der Waals surface area contributed by atoms with Gasteiger partial charge >= 0.3 is 11.9 Å². The van der Waals surface area contributed by atoms with Crippen LogP contribution >= 0.6 is 25.3 Å². The van der Waals surface area contributed by atoms with Crippen molar-refractivity contribution in [3.63, 3.8) is 0 Å². The van der Waals surface area contributed by atoms with Crippen LogP contribution < -0.4 is 20.1 Å². The molecule has 2 atom stereocenters. The molecule has 84 heavy (non-hydrogen) atoms. The van der Waals surface area contributed by atoms with Crippen molar-refractivity contribution in [2.24, 2.45) is 11.8 Å². The number of carbonyl (C=O) groups is 4.